The smallest absolute Gasteiger partial charge is 0.411 e. The maximum Gasteiger partial charge on any atom is 0.411 e. The fraction of sp³-hybridized carbons (Fsp3) is 0.316. The monoisotopic (exact) mass is 396 g/mol. The molecule has 1 fully saturated rings. The van der Waals surface area contributed by atoms with Gasteiger partial charge in [0.15, 0.2) is 0 Å². The molecule has 1 heterocycles. The molecule has 0 aliphatic carbocycles. The van der Waals surface area contributed by atoms with E-state index in [1.807, 2.05) is 7.05 Å². The van der Waals surface area contributed by atoms with Crippen molar-refractivity contribution in [2.75, 3.05) is 25.5 Å². The van der Waals surface area contributed by atoms with E-state index in [4.69, 9.17) is 27.9 Å². The van der Waals surface area contributed by atoms with Crippen molar-refractivity contribution in [2.45, 2.75) is 18.9 Å². The molecule has 1 aliphatic rings. The summed E-state index contributed by atoms with van der Waals surface area (Å²) in [6.07, 6.45) is 1.54. The number of carbonyl (C=O) groups excluding carboxylic acids is 1. The lowest BCUT2D eigenvalue weighted by atomic mass is 10.0. The summed E-state index contributed by atoms with van der Waals surface area (Å²) < 4.78 is 19.1. The molecule has 0 unspecified atom stereocenters. The molecule has 2 aromatic rings. The molecule has 2 aromatic carbocycles. The molecular formula is C19H19Cl2FN2O2. The van der Waals surface area contributed by atoms with Crippen molar-refractivity contribution in [1.82, 2.24) is 4.90 Å². The zero-order chi connectivity index (χ0) is 18.7. The normalized spacial score (nSPS) is 17.3. The molecule has 1 saturated heterocycles. The van der Waals surface area contributed by atoms with Gasteiger partial charge >= 0.3 is 6.09 Å². The number of hydrogen-bond acceptors (Lipinski definition) is 3. The van der Waals surface area contributed by atoms with Gasteiger partial charge in [-0.2, -0.15) is 0 Å². The van der Waals surface area contributed by atoms with Crippen molar-refractivity contribution in [1.29, 1.82) is 0 Å². The minimum absolute atomic E-state index is 0.239. The van der Waals surface area contributed by atoms with E-state index >= 15 is 0 Å². The van der Waals surface area contributed by atoms with Crippen LogP contribution in [0.25, 0.3) is 11.1 Å². The summed E-state index contributed by atoms with van der Waals surface area (Å²) in [5, 5.41) is 3.44. The highest BCUT2D eigenvalue weighted by atomic mass is 35.5. The van der Waals surface area contributed by atoms with Crippen LogP contribution >= 0.6 is 23.2 Å². The maximum absolute atomic E-state index is 13.7. The number of halogens is 3. The average molecular weight is 397 g/mol. The van der Waals surface area contributed by atoms with Gasteiger partial charge in [0.1, 0.15) is 12.4 Å². The van der Waals surface area contributed by atoms with Gasteiger partial charge in [-0.05, 0) is 62.3 Å². The van der Waals surface area contributed by atoms with Gasteiger partial charge in [0, 0.05) is 11.6 Å². The Morgan fingerprint density at radius 2 is 2.08 bits per heavy atom. The van der Waals surface area contributed by atoms with Crippen LogP contribution < -0.4 is 5.32 Å². The number of likely N-dealkylation sites (N-methyl/N-ethyl adjacent to an activating group) is 1. The number of nitrogens with zero attached hydrogens (tertiary/aromatic N) is 1. The Hall–Kier alpha value is -1.82. The quantitative estimate of drug-likeness (QED) is 0.747. The second-order valence-corrected chi connectivity index (χ2v) is 7.13. The lowest BCUT2D eigenvalue weighted by molar-refractivity contribution is 0.127. The van der Waals surface area contributed by atoms with Crippen molar-refractivity contribution in [2.24, 2.45) is 0 Å². The van der Waals surface area contributed by atoms with Gasteiger partial charge in [0.05, 0.1) is 15.7 Å². The molecule has 4 nitrogen and oxygen atoms in total. The van der Waals surface area contributed by atoms with Crippen LogP contribution in [0.1, 0.15) is 12.8 Å². The molecule has 26 heavy (non-hydrogen) atoms. The number of rotatable bonds is 4. The Morgan fingerprint density at radius 1 is 1.27 bits per heavy atom. The Labute approximate surface area is 161 Å². The predicted molar refractivity (Wildman–Crippen MR) is 102 cm³/mol. The number of benzene rings is 2. The van der Waals surface area contributed by atoms with Gasteiger partial charge in [-0.1, -0.05) is 29.3 Å². The summed E-state index contributed by atoms with van der Waals surface area (Å²) in [6, 6.07) is 9.32. The second kappa shape index (κ2) is 8.25. The molecule has 0 radical (unpaired) electrons. The fourth-order valence-electron chi connectivity index (χ4n) is 3.04. The highest BCUT2D eigenvalue weighted by molar-refractivity contribution is 6.42. The van der Waals surface area contributed by atoms with Crippen molar-refractivity contribution in [3.8, 4) is 11.1 Å². The Kier molecular flexibility index (Phi) is 6.01. The Balaban J connectivity index is 1.75. The first-order valence-corrected chi connectivity index (χ1v) is 9.08. The molecule has 0 bridgehead atoms. The predicted octanol–water partition coefficient (Wildman–Crippen LogP) is 5.44. The average Bonchev–Trinajstić information content (AvgIpc) is 3.02. The van der Waals surface area contributed by atoms with Gasteiger partial charge < -0.3 is 9.64 Å². The SMILES string of the molecule is CN1CCC[C@H]1COC(=O)Nc1ccc(F)cc1-c1ccc(Cl)c(Cl)c1. The highest BCUT2D eigenvalue weighted by Crippen LogP contribution is 2.33. The summed E-state index contributed by atoms with van der Waals surface area (Å²) in [5.74, 6) is -0.419. The van der Waals surface area contributed by atoms with Gasteiger partial charge in [-0.3, -0.25) is 5.32 Å². The van der Waals surface area contributed by atoms with Gasteiger partial charge in [-0.25, -0.2) is 9.18 Å². The van der Waals surface area contributed by atoms with Crippen LogP contribution in [0.2, 0.25) is 10.0 Å². The van der Waals surface area contributed by atoms with Crippen LogP contribution in [0.5, 0.6) is 0 Å². The molecule has 0 saturated carbocycles. The highest BCUT2D eigenvalue weighted by Gasteiger charge is 2.22. The molecule has 3 rings (SSSR count). The standard InChI is InChI=1S/C19H19Cl2FN2O2/c1-24-8-2-3-14(24)11-26-19(25)23-18-7-5-13(22)10-15(18)12-4-6-16(20)17(21)9-12/h4-7,9-10,14H,2-3,8,11H2,1H3,(H,23,25)/t14-/m0/s1. The zero-order valence-electron chi connectivity index (χ0n) is 14.3. The van der Waals surface area contributed by atoms with Crippen LogP contribution in [-0.2, 0) is 4.74 Å². The molecule has 138 valence electrons. The molecular weight excluding hydrogens is 378 g/mol. The Bertz CT molecular complexity index is 816. The number of carbonyl (C=O) groups is 1. The van der Waals surface area contributed by atoms with Gasteiger partial charge in [0.25, 0.3) is 0 Å². The number of nitrogens with one attached hydrogen (secondary N) is 1. The molecule has 0 aromatic heterocycles. The molecule has 1 aliphatic heterocycles. The molecule has 1 N–H and O–H groups in total. The summed E-state index contributed by atoms with van der Waals surface area (Å²) >= 11 is 12.0. The van der Waals surface area contributed by atoms with Crippen LogP contribution in [0.3, 0.4) is 0 Å². The van der Waals surface area contributed by atoms with Crippen molar-refractivity contribution < 1.29 is 13.9 Å². The van der Waals surface area contributed by atoms with Crippen molar-refractivity contribution in [3.05, 3.63) is 52.3 Å². The maximum atomic E-state index is 13.7. The van der Waals surface area contributed by atoms with E-state index in [2.05, 4.69) is 10.2 Å². The lowest BCUT2D eigenvalue weighted by Gasteiger charge is -2.19. The van der Waals surface area contributed by atoms with Crippen molar-refractivity contribution >= 4 is 35.0 Å². The molecule has 0 spiro atoms. The third-order valence-electron chi connectivity index (χ3n) is 4.53. The minimum Gasteiger partial charge on any atom is -0.448 e. The molecule has 1 amide bonds. The molecule has 7 heteroatoms. The Morgan fingerprint density at radius 3 is 2.77 bits per heavy atom. The number of ether oxygens (including phenoxy) is 1. The minimum atomic E-state index is -0.571. The van der Waals surface area contributed by atoms with E-state index in [1.54, 1.807) is 18.2 Å². The van der Waals surface area contributed by atoms with E-state index in [0.717, 1.165) is 19.4 Å². The number of anilines is 1. The van der Waals surface area contributed by atoms with Crippen LogP contribution in [0.15, 0.2) is 36.4 Å². The first-order chi connectivity index (χ1) is 12.4. The van der Waals surface area contributed by atoms with Crippen LogP contribution in [0, 0.1) is 5.82 Å². The van der Waals surface area contributed by atoms with Crippen LogP contribution in [-0.4, -0.2) is 37.2 Å². The lowest BCUT2D eigenvalue weighted by Crippen LogP contribution is -2.31. The topological polar surface area (TPSA) is 41.6 Å². The first kappa shape index (κ1) is 19.0. The third-order valence-corrected chi connectivity index (χ3v) is 5.27. The first-order valence-electron chi connectivity index (χ1n) is 8.33. The summed E-state index contributed by atoms with van der Waals surface area (Å²) in [7, 11) is 2.02. The van der Waals surface area contributed by atoms with Gasteiger partial charge in [0.2, 0.25) is 0 Å². The van der Waals surface area contributed by atoms with Crippen LogP contribution in [0.4, 0.5) is 14.9 Å². The van der Waals surface area contributed by atoms with Gasteiger partial charge in [-0.15, -0.1) is 0 Å². The largest absolute Gasteiger partial charge is 0.448 e. The van der Waals surface area contributed by atoms with E-state index in [-0.39, 0.29) is 6.04 Å². The third kappa shape index (κ3) is 4.47. The zero-order valence-corrected chi connectivity index (χ0v) is 15.8. The summed E-state index contributed by atoms with van der Waals surface area (Å²) in [6.45, 7) is 1.33. The number of hydrogen-bond donors (Lipinski definition) is 1. The second-order valence-electron chi connectivity index (χ2n) is 6.32. The van der Waals surface area contributed by atoms with Crippen molar-refractivity contribution in [3.63, 3.8) is 0 Å². The van der Waals surface area contributed by atoms with E-state index in [1.165, 1.54) is 18.2 Å². The molecule has 1 atom stereocenters. The summed E-state index contributed by atoms with van der Waals surface area (Å²) in [4.78, 5) is 14.3. The van der Waals surface area contributed by atoms with E-state index in [9.17, 15) is 9.18 Å². The van der Waals surface area contributed by atoms with E-state index < -0.39 is 11.9 Å². The number of amides is 1. The van der Waals surface area contributed by atoms with E-state index in [0.29, 0.717) is 33.5 Å². The fourth-order valence-corrected chi connectivity index (χ4v) is 3.33. The summed E-state index contributed by atoms with van der Waals surface area (Å²) in [5.41, 5.74) is 1.58. The number of likely N-dealkylation sites (tertiary alicyclic amines) is 1.